The van der Waals surface area contributed by atoms with Crippen LogP contribution in [0.1, 0.15) is 5.56 Å². The molecule has 10 heteroatoms. The first-order valence-electron chi connectivity index (χ1n) is 6.44. The molecule has 1 heterocycles. The lowest BCUT2D eigenvalue weighted by Gasteiger charge is -2.01. The second kappa shape index (κ2) is 7.20. The summed E-state index contributed by atoms with van der Waals surface area (Å²) in [5, 5.41) is 18.5. The van der Waals surface area contributed by atoms with E-state index in [2.05, 4.69) is 15.5 Å². The highest BCUT2D eigenvalue weighted by atomic mass is 32.2. The molecule has 0 radical (unpaired) electrons. The van der Waals surface area contributed by atoms with Crippen LogP contribution < -0.4 is 10.1 Å². The summed E-state index contributed by atoms with van der Waals surface area (Å²) >= 11 is 0.712. The zero-order chi connectivity index (χ0) is 17.7. The summed E-state index contributed by atoms with van der Waals surface area (Å²) in [6.07, 6.45) is 2.39. The van der Waals surface area contributed by atoms with E-state index in [-0.39, 0.29) is 15.0 Å². The number of sulfone groups is 1. The molecule has 0 atom stereocenters. The molecule has 2 rings (SSSR count). The van der Waals surface area contributed by atoms with Crippen molar-refractivity contribution in [1.29, 1.82) is 5.26 Å². The number of nitriles is 1. The summed E-state index contributed by atoms with van der Waals surface area (Å²) in [5.74, 6) is -0.0539. The van der Waals surface area contributed by atoms with Gasteiger partial charge in [0, 0.05) is 6.26 Å². The van der Waals surface area contributed by atoms with Crippen LogP contribution in [-0.2, 0) is 14.6 Å². The van der Waals surface area contributed by atoms with Gasteiger partial charge in [-0.2, -0.15) is 5.26 Å². The molecule has 1 aromatic carbocycles. The minimum atomic E-state index is -3.50. The van der Waals surface area contributed by atoms with E-state index in [1.807, 2.05) is 0 Å². The second-order valence-electron chi connectivity index (χ2n) is 4.54. The number of hydrogen-bond acceptors (Lipinski definition) is 8. The number of ether oxygens (including phenoxy) is 1. The number of carbonyl (C=O) groups excluding carboxylic acids is 1. The topological polar surface area (TPSA) is 122 Å². The van der Waals surface area contributed by atoms with Gasteiger partial charge in [0.05, 0.1) is 7.11 Å². The van der Waals surface area contributed by atoms with Crippen molar-refractivity contribution in [2.45, 2.75) is 4.34 Å². The van der Waals surface area contributed by atoms with Crippen LogP contribution in [0.3, 0.4) is 0 Å². The van der Waals surface area contributed by atoms with Gasteiger partial charge < -0.3 is 4.74 Å². The zero-order valence-corrected chi connectivity index (χ0v) is 14.3. The van der Waals surface area contributed by atoms with Gasteiger partial charge in [-0.25, -0.2) is 8.42 Å². The summed E-state index contributed by atoms with van der Waals surface area (Å²) in [4.78, 5) is 12.1. The van der Waals surface area contributed by atoms with E-state index in [1.165, 1.54) is 13.2 Å². The molecule has 0 saturated heterocycles. The predicted molar refractivity (Wildman–Crippen MR) is 88.2 cm³/mol. The standard InChI is InChI=1S/C14H12N4O4S2/c1-22-11-5-3-9(4-6-11)7-10(8-15)12(19)16-13-17-18-14(23-13)24(2,20)21/h3-7H,1-2H3,(H,16,17,19)/b10-7-. The van der Waals surface area contributed by atoms with Crippen molar-refractivity contribution < 1.29 is 17.9 Å². The molecule has 0 fully saturated rings. The third-order valence-electron chi connectivity index (χ3n) is 2.74. The van der Waals surface area contributed by atoms with Gasteiger partial charge in [0.2, 0.25) is 19.3 Å². The molecule has 24 heavy (non-hydrogen) atoms. The molecule has 0 unspecified atom stereocenters. The molecule has 1 N–H and O–H groups in total. The van der Waals surface area contributed by atoms with Crippen LogP contribution in [0.25, 0.3) is 6.08 Å². The molecule has 1 aromatic heterocycles. The number of methoxy groups -OCH3 is 1. The Morgan fingerprint density at radius 3 is 2.50 bits per heavy atom. The van der Waals surface area contributed by atoms with Gasteiger partial charge in [-0.1, -0.05) is 23.5 Å². The maximum absolute atomic E-state index is 12.1. The van der Waals surface area contributed by atoms with Crippen LogP contribution in [0.2, 0.25) is 0 Å². The van der Waals surface area contributed by atoms with Crippen LogP contribution in [0.15, 0.2) is 34.2 Å². The SMILES string of the molecule is COc1ccc(/C=C(/C#N)C(=O)Nc2nnc(S(C)(=O)=O)s2)cc1. The summed E-state index contributed by atoms with van der Waals surface area (Å²) in [7, 11) is -1.96. The number of benzene rings is 1. The van der Waals surface area contributed by atoms with Gasteiger partial charge in [-0.3, -0.25) is 10.1 Å². The van der Waals surface area contributed by atoms with Crippen molar-refractivity contribution in [2.24, 2.45) is 0 Å². The quantitative estimate of drug-likeness (QED) is 0.484. The molecular weight excluding hydrogens is 352 g/mol. The Hall–Kier alpha value is -2.77. The number of amides is 1. The number of hydrogen-bond donors (Lipinski definition) is 1. The fourth-order valence-corrected chi connectivity index (χ4v) is 3.09. The first kappa shape index (κ1) is 17.6. The molecule has 1 amide bonds. The van der Waals surface area contributed by atoms with Gasteiger partial charge in [0.25, 0.3) is 5.91 Å². The van der Waals surface area contributed by atoms with Gasteiger partial charge in [-0.15, -0.1) is 10.2 Å². The molecular formula is C14H12N4O4S2. The summed E-state index contributed by atoms with van der Waals surface area (Å²) in [6.45, 7) is 0. The van der Waals surface area contributed by atoms with E-state index in [9.17, 15) is 13.2 Å². The summed E-state index contributed by atoms with van der Waals surface area (Å²) in [5.41, 5.74) is 0.480. The first-order chi connectivity index (χ1) is 11.3. The lowest BCUT2D eigenvalue weighted by molar-refractivity contribution is -0.112. The largest absolute Gasteiger partial charge is 0.497 e. The van der Waals surface area contributed by atoms with Crippen molar-refractivity contribution in [3.63, 3.8) is 0 Å². The number of carbonyl (C=O) groups is 1. The maximum atomic E-state index is 12.1. The summed E-state index contributed by atoms with van der Waals surface area (Å²) in [6, 6.07) is 8.57. The fraction of sp³-hybridized carbons (Fsp3) is 0.143. The number of anilines is 1. The normalized spacial score (nSPS) is 11.6. The van der Waals surface area contributed by atoms with Crippen LogP contribution in [0.5, 0.6) is 5.75 Å². The van der Waals surface area contributed by atoms with E-state index >= 15 is 0 Å². The Morgan fingerprint density at radius 1 is 1.33 bits per heavy atom. The Morgan fingerprint density at radius 2 is 2.00 bits per heavy atom. The van der Waals surface area contributed by atoms with Gasteiger partial charge in [0.15, 0.2) is 0 Å². The lowest BCUT2D eigenvalue weighted by atomic mass is 10.1. The lowest BCUT2D eigenvalue weighted by Crippen LogP contribution is -2.13. The third kappa shape index (κ3) is 4.37. The molecule has 0 bridgehead atoms. The summed E-state index contributed by atoms with van der Waals surface area (Å²) < 4.78 is 27.5. The van der Waals surface area contributed by atoms with Gasteiger partial charge >= 0.3 is 0 Å². The van der Waals surface area contributed by atoms with Crippen molar-refractivity contribution in [3.05, 3.63) is 35.4 Å². The highest BCUT2D eigenvalue weighted by molar-refractivity contribution is 7.92. The first-order valence-corrected chi connectivity index (χ1v) is 9.15. The van der Waals surface area contributed by atoms with Crippen molar-refractivity contribution in [2.75, 3.05) is 18.7 Å². The number of rotatable bonds is 5. The van der Waals surface area contributed by atoms with Crippen LogP contribution >= 0.6 is 11.3 Å². The molecule has 0 spiro atoms. The van der Waals surface area contributed by atoms with E-state index in [1.54, 1.807) is 30.3 Å². The van der Waals surface area contributed by atoms with Crippen molar-refractivity contribution in [3.8, 4) is 11.8 Å². The predicted octanol–water partition coefficient (Wildman–Crippen LogP) is 1.50. The minimum absolute atomic E-state index is 0.00342. The van der Waals surface area contributed by atoms with E-state index in [0.717, 1.165) is 6.26 Å². The van der Waals surface area contributed by atoms with E-state index in [4.69, 9.17) is 10.00 Å². The fourth-order valence-electron chi connectivity index (χ4n) is 1.59. The molecule has 0 saturated carbocycles. The molecule has 8 nitrogen and oxygen atoms in total. The van der Waals surface area contributed by atoms with Crippen LogP contribution in [0.4, 0.5) is 5.13 Å². The maximum Gasteiger partial charge on any atom is 0.268 e. The Kier molecular flexibility index (Phi) is 5.28. The van der Waals surface area contributed by atoms with Crippen LogP contribution in [0, 0.1) is 11.3 Å². The van der Waals surface area contributed by atoms with E-state index in [0.29, 0.717) is 22.6 Å². The second-order valence-corrected chi connectivity index (χ2v) is 7.71. The Balaban J connectivity index is 2.18. The highest BCUT2D eigenvalue weighted by Crippen LogP contribution is 2.20. The van der Waals surface area contributed by atoms with Gasteiger partial charge in [0.1, 0.15) is 17.4 Å². The van der Waals surface area contributed by atoms with Crippen LogP contribution in [-0.4, -0.2) is 37.9 Å². The Labute approximate surface area is 142 Å². The minimum Gasteiger partial charge on any atom is -0.497 e. The number of nitrogens with zero attached hydrogens (tertiary/aromatic N) is 3. The van der Waals surface area contributed by atoms with E-state index < -0.39 is 15.7 Å². The highest BCUT2D eigenvalue weighted by Gasteiger charge is 2.17. The number of aromatic nitrogens is 2. The molecule has 0 aliphatic rings. The number of nitrogens with one attached hydrogen (secondary N) is 1. The molecule has 0 aliphatic heterocycles. The molecule has 124 valence electrons. The zero-order valence-electron chi connectivity index (χ0n) is 12.7. The monoisotopic (exact) mass is 364 g/mol. The van der Waals surface area contributed by atoms with Crippen molar-refractivity contribution in [1.82, 2.24) is 10.2 Å². The smallest absolute Gasteiger partial charge is 0.268 e. The third-order valence-corrected chi connectivity index (χ3v) is 5.24. The Bertz CT molecular complexity index is 924. The molecule has 0 aliphatic carbocycles. The average molecular weight is 364 g/mol. The molecule has 2 aromatic rings. The van der Waals surface area contributed by atoms with Crippen molar-refractivity contribution >= 4 is 38.3 Å². The average Bonchev–Trinajstić information content (AvgIpc) is 3.01. The van der Waals surface area contributed by atoms with Gasteiger partial charge in [-0.05, 0) is 23.8 Å².